The fourth-order valence-corrected chi connectivity index (χ4v) is 3.78. The van der Waals surface area contributed by atoms with Gasteiger partial charge in [-0.3, -0.25) is 9.36 Å². The van der Waals surface area contributed by atoms with E-state index in [1.54, 1.807) is 36.8 Å². The summed E-state index contributed by atoms with van der Waals surface area (Å²) in [6, 6.07) is 9.04. The first kappa shape index (κ1) is 15.1. The molecule has 0 bridgehead atoms. The molecule has 4 rings (SSSR count). The quantitative estimate of drug-likeness (QED) is 0.550. The molecule has 0 atom stereocenters. The number of benzene rings is 1. The first-order valence-electron chi connectivity index (χ1n) is 7.29. The Kier molecular flexibility index (Phi) is 3.51. The summed E-state index contributed by atoms with van der Waals surface area (Å²) in [6.45, 7) is 0. The van der Waals surface area contributed by atoms with Crippen molar-refractivity contribution in [1.29, 1.82) is 0 Å². The maximum atomic E-state index is 13.1. The molecule has 120 valence electrons. The maximum absolute atomic E-state index is 13.1. The summed E-state index contributed by atoms with van der Waals surface area (Å²) in [5.74, 6) is 0. The number of hydrogen-bond acceptors (Lipinski definition) is 5. The summed E-state index contributed by atoms with van der Waals surface area (Å²) >= 11 is 7.25. The van der Waals surface area contributed by atoms with Crippen LogP contribution in [0, 0.1) is 0 Å². The molecule has 0 fully saturated rings. The highest BCUT2D eigenvalue weighted by Gasteiger charge is 2.24. The highest BCUT2D eigenvalue weighted by Crippen LogP contribution is 2.43. The van der Waals surface area contributed by atoms with Crippen LogP contribution < -0.4 is 10.5 Å². The van der Waals surface area contributed by atoms with E-state index in [0.29, 0.717) is 15.9 Å². The van der Waals surface area contributed by atoms with Gasteiger partial charge in [0, 0.05) is 30.9 Å². The van der Waals surface area contributed by atoms with Crippen molar-refractivity contribution in [2.75, 3.05) is 19.0 Å². The van der Waals surface area contributed by atoms with Crippen molar-refractivity contribution in [1.82, 2.24) is 13.9 Å². The molecule has 0 unspecified atom stereocenters. The van der Waals surface area contributed by atoms with Gasteiger partial charge in [-0.05, 0) is 41.9 Å². The van der Waals surface area contributed by atoms with Crippen LogP contribution in [0.4, 0.5) is 5.69 Å². The third-order valence-corrected chi connectivity index (χ3v) is 5.01. The monoisotopic (exact) mass is 356 g/mol. The average Bonchev–Trinajstić information content (AvgIpc) is 2.91. The molecular formula is C17H13ClN4OS. The van der Waals surface area contributed by atoms with Gasteiger partial charge in [0.1, 0.15) is 11.8 Å². The van der Waals surface area contributed by atoms with Crippen LogP contribution in [-0.2, 0) is 0 Å². The van der Waals surface area contributed by atoms with Crippen molar-refractivity contribution < 1.29 is 0 Å². The van der Waals surface area contributed by atoms with Gasteiger partial charge in [-0.1, -0.05) is 11.6 Å². The highest BCUT2D eigenvalue weighted by molar-refractivity contribution is 7.10. The van der Waals surface area contributed by atoms with Crippen molar-refractivity contribution in [2.45, 2.75) is 0 Å². The predicted octanol–water partition coefficient (Wildman–Crippen LogP) is 3.67. The summed E-state index contributed by atoms with van der Waals surface area (Å²) in [4.78, 5) is 20.5. The predicted molar refractivity (Wildman–Crippen MR) is 99.0 cm³/mol. The van der Waals surface area contributed by atoms with Gasteiger partial charge in [0.2, 0.25) is 0 Å². The van der Waals surface area contributed by atoms with Crippen LogP contribution in [0.2, 0.25) is 5.02 Å². The van der Waals surface area contributed by atoms with E-state index >= 15 is 0 Å². The summed E-state index contributed by atoms with van der Waals surface area (Å²) in [5, 5.41) is 1.23. The Hall–Kier alpha value is -2.44. The minimum atomic E-state index is -0.107. The number of halogens is 1. The molecule has 2 aliphatic rings. The van der Waals surface area contributed by atoms with Gasteiger partial charge in [-0.2, -0.15) is 0 Å². The fraction of sp³-hybridized carbons (Fsp3) is 0.118. The lowest BCUT2D eigenvalue weighted by Crippen LogP contribution is -2.18. The number of nitrogens with zero attached hydrogens (tertiary/aromatic N) is 4. The first-order chi connectivity index (χ1) is 11.6. The Morgan fingerprint density at radius 2 is 1.92 bits per heavy atom. The molecule has 1 aromatic heterocycles. The van der Waals surface area contributed by atoms with Crippen LogP contribution in [0.3, 0.4) is 0 Å². The highest BCUT2D eigenvalue weighted by atomic mass is 35.5. The van der Waals surface area contributed by atoms with Gasteiger partial charge < -0.3 is 4.90 Å². The zero-order valence-corrected chi connectivity index (χ0v) is 14.6. The Balaban J connectivity index is 2.09. The minimum absolute atomic E-state index is 0.107. The standard InChI is InChI=1S/C17H13ClN4OS/c1-21(2)15-12-7-8-20-24-16(12)13-14(15)19-9-22(17(13)23)11-5-3-10(18)4-6-11/h3-9H,1-2H3. The molecule has 0 spiro atoms. The van der Waals surface area contributed by atoms with Gasteiger partial charge >= 0.3 is 0 Å². The van der Waals surface area contributed by atoms with Gasteiger partial charge in [0.25, 0.3) is 5.56 Å². The van der Waals surface area contributed by atoms with E-state index in [1.165, 1.54) is 16.1 Å². The van der Waals surface area contributed by atoms with E-state index in [4.69, 9.17) is 11.6 Å². The lowest BCUT2D eigenvalue weighted by Gasteiger charge is -2.13. The zero-order valence-electron chi connectivity index (χ0n) is 13.0. The van der Waals surface area contributed by atoms with E-state index in [2.05, 4.69) is 9.36 Å². The Labute approximate surface area is 147 Å². The summed E-state index contributed by atoms with van der Waals surface area (Å²) in [6.07, 6.45) is 3.31. The number of fused-ring (bicyclic) bond motifs is 3. The van der Waals surface area contributed by atoms with E-state index in [1.807, 2.05) is 25.1 Å². The summed E-state index contributed by atoms with van der Waals surface area (Å²) < 4.78 is 5.76. The van der Waals surface area contributed by atoms with Crippen molar-refractivity contribution in [3.05, 3.63) is 58.2 Å². The topological polar surface area (TPSA) is 51.0 Å². The Morgan fingerprint density at radius 1 is 1.17 bits per heavy atom. The van der Waals surface area contributed by atoms with Crippen LogP contribution in [0.5, 0.6) is 0 Å². The van der Waals surface area contributed by atoms with Crippen LogP contribution >= 0.6 is 23.1 Å². The van der Waals surface area contributed by atoms with Gasteiger partial charge in [-0.15, -0.1) is 0 Å². The molecule has 5 nitrogen and oxygen atoms in total. The molecule has 0 saturated carbocycles. The largest absolute Gasteiger partial charge is 0.375 e. The molecule has 7 heteroatoms. The van der Waals surface area contributed by atoms with E-state index < -0.39 is 0 Å². The Morgan fingerprint density at radius 3 is 2.62 bits per heavy atom. The molecule has 1 aliphatic heterocycles. The third kappa shape index (κ3) is 2.18. The van der Waals surface area contributed by atoms with Gasteiger partial charge in [0.15, 0.2) is 0 Å². The number of rotatable bonds is 2. The molecule has 0 amide bonds. The van der Waals surface area contributed by atoms with Gasteiger partial charge in [-0.25, -0.2) is 9.36 Å². The fourth-order valence-electron chi connectivity index (χ4n) is 2.88. The normalized spacial score (nSPS) is 11.3. The SMILES string of the molecule is CN(C)c1c2ccnsc-2c2c(=O)n(-c3ccc(Cl)cc3)cnc12. The van der Waals surface area contributed by atoms with Crippen molar-refractivity contribution >= 4 is 39.7 Å². The number of aromatic nitrogens is 3. The van der Waals surface area contributed by atoms with Crippen LogP contribution in [0.25, 0.3) is 27.0 Å². The number of hydrogen-bond donors (Lipinski definition) is 0. The zero-order chi connectivity index (χ0) is 16.8. The second-order valence-corrected chi connectivity index (χ2v) is 6.86. The molecule has 0 saturated heterocycles. The molecule has 1 aliphatic carbocycles. The van der Waals surface area contributed by atoms with Gasteiger partial charge in [0.05, 0.1) is 21.6 Å². The minimum Gasteiger partial charge on any atom is -0.375 e. The summed E-state index contributed by atoms with van der Waals surface area (Å²) in [5.41, 5.74) is 3.26. The lowest BCUT2D eigenvalue weighted by molar-refractivity contribution is 0.964. The van der Waals surface area contributed by atoms with Crippen molar-refractivity contribution in [3.8, 4) is 16.1 Å². The average molecular weight is 357 g/mol. The van der Waals surface area contributed by atoms with Crippen molar-refractivity contribution in [2.24, 2.45) is 0 Å². The second kappa shape index (κ2) is 5.58. The molecule has 0 radical (unpaired) electrons. The smallest absolute Gasteiger partial charge is 0.267 e. The van der Waals surface area contributed by atoms with E-state index in [9.17, 15) is 4.79 Å². The van der Waals surface area contributed by atoms with Crippen LogP contribution in [0.1, 0.15) is 0 Å². The van der Waals surface area contributed by atoms with Crippen LogP contribution in [-0.4, -0.2) is 28.0 Å². The summed E-state index contributed by atoms with van der Waals surface area (Å²) in [7, 11) is 3.90. The maximum Gasteiger partial charge on any atom is 0.267 e. The molecule has 1 aromatic carbocycles. The molecule has 2 heterocycles. The van der Waals surface area contributed by atoms with Crippen molar-refractivity contribution in [3.63, 3.8) is 0 Å². The first-order valence-corrected chi connectivity index (χ1v) is 8.44. The molecule has 24 heavy (non-hydrogen) atoms. The lowest BCUT2D eigenvalue weighted by atomic mass is 10.2. The molecule has 2 aromatic rings. The second-order valence-electron chi connectivity index (χ2n) is 5.62. The number of anilines is 1. The Bertz CT molecular complexity index is 1070. The molecule has 0 N–H and O–H groups in total. The van der Waals surface area contributed by atoms with Crippen LogP contribution in [0.15, 0.2) is 47.7 Å². The van der Waals surface area contributed by atoms with E-state index in [0.717, 1.165) is 21.8 Å². The third-order valence-electron chi connectivity index (χ3n) is 3.92. The molecular weight excluding hydrogens is 344 g/mol. The van der Waals surface area contributed by atoms with E-state index in [-0.39, 0.29) is 5.56 Å².